The molecule has 1 aliphatic rings. The molecule has 0 bridgehead atoms. The molecule has 1 aliphatic heterocycles. The molecule has 0 saturated carbocycles. The van der Waals surface area contributed by atoms with Crippen molar-refractivity contribution >= 4 is 63.0 Å². The largest absolute Gasteiger partial charge is 0.493 e. The smallest absolute Gasteiger partial charge is 0.293 e. The minimum absolute atomic E-state index is 0.195. The average molecular weight is 559 g/mol. The molecule has 5 rings (SSSR count). The number of amides is 3. The van der Waals surface area contributed by atoms with Crippen LogP contribution >= 0.6 is 23.4 Å². The normalized spacial score (nSPS) is 14.2. The number of rotatable bonds is 8. The van der Waals surface area contributed by atoms with Gasteiger partial charge in [-0.2, -0.15) is 0 Å². The molecule has 39 heavy (non-hydrogen) atoms. The van der Waals surface area contributed by atoms with E-state index >= 15 is 0 Å². The standard InChI is InChI=1S/C30H23ClN2O5S/c1-37-26-15-19(7-13-25(26)38-18-28(34)32-24-11-9-23(31)10-12-24)16-27-29(35)33(30(36)39-27)17-20-6-8-21-4-2-3-5-22(21)14-20/h2-16H,17-18H2,1H3,(H,32,34)/b27-16-. The van der Waals surface area contributed by atoms with Gasteiger partial charge in [-0.05, 0) is 82.2 Å². The molecule has 1 N–H and O–H groups in total. The van der Waals surface area contributed by atoms with Crippen LogP contribution in [0, 0.1) is 0 Å². The van der Waals surface area contributed by atoms with Crippen LogP contribution < -0.4 is 14.8 Å². The van der Waals surface area contributed by atoms with Crippen LogP contribution in [0.5, 0.6) is 11.5 Å². The predicted octanol–water partition coefficient (Wildman–Crippen LogP) is 6.76. The van der Waals surface area contributed by atoms with Crippen molar-refractivity contribution in [2.75, 3.05) is 19.0 Å². The number of methoxy groups -OCH3 is 1. The summed E-state index contributed by atoms with van der Waals surface area (Å²) in [6.07, 6.45) is 1.64. The molecule has 0 unspecified atom stereocenters. The van der Waals surface area contributed by atoms with Gasteiger partial charge in [0, 0.05) is 10.7 Å². The summed E-state index contributed by atoms with van der Waals surface area (Å²) in [5, 5.41) is 5.12. The lowest BCUT2D eigenvalue weighted by Crippen LogP contribution is -2.27. The van der Waals surface area contributed by atoms with Crippen molar-refractivity contribution in [2.45, 2.75) is 6.54 Å². The molecule has 196 valence electrons. The van der Waals surface area contributed by atoms with E-state index in [1.807, 2.05) is 42.5 Å². The molecular formula is C30H23ClN2O5S. The number of thioether (sulfide) groups is 1. The zero-order valence-corrected chi connectivity index (χ0v) is 22.4. The summed E-state index contributed by atoms with van der Waals surface area (Å²) in [4.78, 5) is 39.6. The van der Waals surface area contributed by atoms with Crippen LogP contribution in [-0.2, 0) is 16.1 Å². The van der Waals surface area contributed by atoms with Crippen LogP contribution in [0.1, 0.15) is 11.1 Å². The van der Waals surface area contributed by atoms with Crippen molar-refractivity contribution in [3.05, 3.63) is 106 Å². The van der Waals surface area contributed by atoms with Gasteiger partial charge in [0.05, 0.1) is 18.6 Å². The van der Waals surface area contributed by atoms with Gasteiger partial charge in [-0.15, -0.1) is 0 Å². The number of anilines is 1. The molecule has 7 nitrogen and oxygen atoms in total. The zero-order chi connectivity index (χ0) is 27.4. The first-order chi connectivity index (χ1) is 18.9. The summed E-state index contributed by atoms with van der Waals surface area (Å²) < 4.78 is 11.1. The van der Waals surface area contributed by atoms with Gasteiger partial charge in [0.2, 0.25) is 0 Å². The van der Waals surface area contributed by atoms with E-state index < -0.39 is 0 Å². The third-order valence-corrected chi connectivity index (χ3v) is 7.16. The molecule has 4 aromatic carbocycles. The Morgan fingerprint density at radius 1 is 0.949 bits per heavy atom. The van der Waals surface area contributed by atoms with Gasteiger partial charge >= 0.3 is 0 Å². The molecule has 0 aromatic heterocycles. The average Bonchev–Trinajstić information content (AvgIpc) is 3.20. The third kappa shape index (κ3) is 6.25. The van der Waals surface area contributed by atoms with Crippen molar-refractivity contribution in [1.29, 1.82) is 0 Å². The van der Waals surface area contributed by atoms with E-state index in [0.717, 1.165) is 28.1 Å². The number of imide groups is 1. The Morgan fingerprint density at radius 3 is 2.49 bits per heavy atom. The molecule has 4 aromatic rings. The highest BCUT2D eigenvalue weighted by Gasteiger charge is 2.35. The van der Waals surface area contributed by atoms with Crippen molar-refractivity contribution in [2.24, 2.45) is 0 Å². The molecule has 1 saturated heterocycles. The lowest BCUT2D eigenvalue weighted by atomic mass is 10.1. The van der Waals surface area contributed by atoms with Gasteiger partial charge in [0.1, 0.15) is 0 Å². The van der Waals surface area contributed by atoms with Crippen LogP contribution in [0.2, 0.25) is 5.02 Å². The van der Waals surface area contributed by atoms with Gasteiger partial charge < -0.3 is 14.8 Å². The van der Waals surface area contributed by atoms with Crippen molar-refractivity contribution < 1.29 is 23.9 Å². The topological polar surface area (TPSA) is 84.9 Å². The van der Waals surface area contributed by atoms with Crippen molar-refractivity contribution in [3.63, 3.8) is 0 Å². The lowest BCUT2D eigenvalue weighted by Gasteiger charge is -2.13. The summed E-state index contributed by atoms with van der Waals surface area (Å²) in [6.45, 7) is -0.0347. The fourth-order valence-electron chi connectivity index (χ4n) is 4.07. The van der Waals surface area contributed by atoms with Gasteiger partial charge in [0.25, 0.3) is 17.1 Å². The van der Waals surface area contributed by atoms with Crippen LogP contribution in [0.4, 0.5) is 10.5 Å². The second-order valence-electron chi connectivity index (χ2n) is 8.70. The summed E-state index contributed by atoms with van der Waals surface area (Å²) in [7, 11) is 1.48. The predicted molar refractivity (Wildman–Crippen MR) is 154 cm³/mol. The second kappa shape index (κ2) is 11.6. The maximum absolute atomic E-state index is 13.1. The van der Waals surface area contributed by atoms with E-state index in [2.05, 4.69) is 5.32 Å². The van der Waals surface area contributed by atoms with Crippen molar-refractivity contribution in [3.8, 4) is 11.5 Å². The van der Waals surface area contributed by atoms with Crippen molar-refractivity contribution in [1.82, 2.24) is 4.90 Å². The van der Waals surface area contributed by atoms with E-state index in [-0.39, 0.29) is 30.2 Å². The molecule has 0 atom stereocenters. The Morgan fingerprint density at radius 2 is 1.72 bits per heavy atom. The molecule has 1 heterocycles. The second-order valence-corrected chi connectivity index (χ2v) is 10.1. The number of ether oxygens (including phenoxy) is 2. The number of hydrogen-bond donors (Lipinski definition) is 1. The number of carbonyl (C=O) groups excluding carboxylic acids is 3. The van der Waals surface area contributed by atoms with Gasteiger partial charge in [0.15, 0.2) is 18.1 Å². The number of nitrogens with zero attached hydrogens (tertiary/aromatic N) is 1. The number of carbonyl (C=O) groups is 3. The SMILES string of the molecule is COc1cc(/C=C2\SC(=O)N(Cc3ccc4ccccc4c3)C2=O)ccc1OCC(=O)Nc1ccc(Cl)cc1. The molecule has 9 heteroatoms. The summed E-state index contributed by atoms with van der Waals surface area (Å²) in [5.74, 6) is 0.0589. The number of hydrogen-bond acceptors (Lipinski definition) is 6. The summed E-state index contributed by atoms with van der Waals surface area (Å²) in [5.41, 5.74) is 2.13. The summed E-state index contributed by atoms with van der Waals surface area (Å²) in [6, 6.07) is 25.6. The van der Waals surface area contributed by atoms with Crippen LogP contribution in [0.3, 0.4) is 0 Å². The number of nitrogens with one attached hydrogen (secondary N) is 1. The molecular weight excluding hydrogens is 536 g/mol. The number of halogens is 1. The highest BCUT2D eigenvalue weighted by atomic mass is 35.5. The maximum Gasteiger partial charge on any atom is 0.293 e. The minimum atomic E-state index is -0.351. The summed E-state index contributed by atoms with van der Waals surface area (Å²) >= 11 is 6.77. The van der Waals surface area contributed by atoms with E-state index in [1.54, 1.807) is 48.5 Å². The fraction of sp³-hybridized carbons (Fsp3) is 0.100. The molecule has 0 aliphatic carbocycles. The number of benzene rings is 4. The quantitative estimate of drug-likeness (QED) is 0.241. The Kier molecular flexibility index (Phi) is 7.86. The van der Waals surface area contributed by atoms with Crippen LogP contribution in [0.25, 0.3) is 16.8 Å². The first kappa shape index (κ1) is 26.3. The van der Waals surface area contributed by atoms with Gasteiger partial charge in [-0.3, -0.25) is 19.3 Å². The molecule has 0 spiro atoms. The van der Waals surface area contributed by atoms with Gasteiger partial charge in [-0.1, -0.05) is 54.1 Å². The first-order valence-electron chi connectivity index (χ1n) is 12.0. The Balaban J connectivity index is 1.25. The number of fused-ring (bicyclic) bond motifs is 1. The van der Waals surface area contributed by atoms with Gasteiger partial charge in [-0.25, -0.2) is 0 Å². The Labute approximate surface area is 234 Å². The Hall–Kier alpha value is -4.27. The van der Waals surface area contributed by atoms with E-state index in [0.29, 0.717) is 32.7 Å². The lowest BCUT2D eigenvalue weighted by molar-refractivity contribution is -0.123. The first-order valence-corrected chi connectivity index (χ1v) is 13.2. The fourth-order valence-corrected chi connectivity index (χ4v) is 5.04. The Bertz CT molecular complexity index is 1600. The highest BCUT2D eigenvalue weighted by Crippen LogP contribution is 2.35. The van der Waals surface area contributed by atoms with Crippen LogP contribution in [-0.4, -0.2) is 35.7 Å². The molecule has 0 radical (unpaired) electrons. The van der Waals surface area contributed by atoms with E-state index in [1.165, 1.54) is 12.0 Å². The highest BCUT2D eigenvalue weighted by molar-refractivity contribution is 8.18. The maximum atomic E-state index is 13.1. The third-order valence-electron chi connectivity index (χ3n) is 6.00. The molecule has 1 fully saturated rings. The zero-order valence-electron chi connectivity index (χ0n) is 20.8. The van der Waals surface area contributed by atoms with Crippen LogP contribution in [0.15, 0.2) is 89.8 Å². The molecule has 3 amide bonds. The van der Waals surface area contributed by atoms with E-state index in [9.17, 15) is 14.4 Å². The van der Waals surface area contributed by atoms with E-state index in [4.69, 9.17) is 21.1 Å². The minimum Gasteiger partial charge on any atom is -0.493 e. The monoisotopic (exact) mass is 558 g/mol.